The average molecular weight is 274 g/mol. The predicted molar refractivity (Wildman–Crippen MR) is 80.2 cm³/mol. The maximum absolute atomic E-state index is 12.0. The van der Waals surface area contributed by atoms with Gasteiger partial charge in [0.1, 0.15) is 5.82 Å². The van der Waals surface area contributed by atoms with Gasteiger partial charge in [-0.05, 0) is 39.8 Å². The van der Waals surface area contributed by atoms with E-state index >= 15 is 0 Å². The van der Waals surface area contributed by atoms with Crippen molar-refractivity contribution in [2.24, 2.45) is 5.73 Å². The molecule has 5 heteroatoms. The number of aromatic nitrogens is 2. The van der Waals surface area contributed by atoms with E-state index in [1.807, 2.05) is 31.2 Å². The number of hydrogen-bond acceptors (Lipinski definition) is 3. The van der Waals surface area contributed by atoms with Crippen molar-refractivity contribution < 1.29 is 4.79 Å². The van der Waals surface area contributed by atoms with Crippen LogP contribution in [0.3, 0.4) is 0 Å². The van der Waals surface area contributed by atoms with Crippen LogP contribution in [0.15, 0.2) is 24.3 Å². The Hall–Kier alpha value is -1.88. The summed E-state index contributed by atoms with van der Waals surface area (Å²) in [5, 5.41) is 2.92. The summed E-state index contributed by atoms with van der Waals surface area (Å²) in [4.78, 5) is 16.6. The van der Waals surface area contributed by atoms with E-state index in [4.69, 9.17) is 5.73 Å². The number of imidazole rings is 1. The Morgan fingerprint density at radius 2 is 2.10 bits per heavy atom. The zero-order valence-electron chi connectivity index (χ0n) is 12.5. The topological polar surface area (TPSA) is 72.9 Å². The van der Waals surface area contributed by atoms with E-state index in [0.29, 0.717) is 0 Å². The smallest absolute Gasteiger partial charge is 0.240 e. The number of nitrogens with zero attached hydrogens (tertiary/aromatic N) is 2. The lowest BCUT2D eigenvalue weighted by Crippen LogP contribution is -2.49. The first-order chi connectivity index (χ1) is 9.34. The quantitative estimate of drug-likeness (QED) is 0.895. The average Bonchev–Trinajstić information content (AvgIpc) is 2.75. The van der Waals surface area contributed by atoms with E-state index in [2.05, 4.69) is 21.8 Å². The van der Waals surface area contributed by atoms with Crippen molar-refractivity contribution in [2.75, 3.05) is 0 Å². The van der Waals surface area contributed by atoms with Crippen LogP contribution in [0.25, 0.3) is 11.0 Å². The summed E-state index contributed by atoms with van der Waals surface area (Å²) >= 11 is 0. The monoisotopic (exact) mass is 274 g/mol. The Balaban J connectivity index is 2.35. The Bertz CT molecular complexity index is 624. The number of nitrogens with one attached hydrogen (secondary N) is 1. The first-order valence-electron chi connectivity index (χ1n) is 6.89. The maximum atomic E-state index is 12.0. The zero-order chi connectivity index (χ0) is 14.9. The van der Waals surface area contributed by atoms with Crippen LogP contribution in [0.4, 0.5) is 0 Å². The third kappa shape index (κ3) is 2.67. The fraction of sp³-hybridized carbons (Fsp3) is 0.467. The van der Waals surface area contributed by atoms with Crippen molar-refractivity contribution in [2.45, 2.75) is 45.8 Å². The molecule has 1 heterocycles. The Labute approximate surface area is 119 Å². The summed E-state index contributed by atoms with van der Waals surface area (Å²) in [5.74, 6) is 0.672. The highest BCUT2D eigenvalue weighted by Gasteiger charge is 2.25. The molecular formula is C15H22N4O. The molecule has 1 amide bonds. The molecule has 0 bridgehead atoms. The number of aryl methyl sites for hydroxylation is 1. The number of carbonyl (C=O) groups excluding carboxylic acids is 1. The SMILES string of the molecule is CCn1c(C(C)NC(=O)C(C)(C)N)nc2ccccc21. The number of rotatable bonds is 4. The largest absolute Gasteiger partial charge is 0.345 e. The van der Waals surface area contributed by atoms with Crippen LogP contribution < -0.4 is 11.1 Å². The number of hydrogen-bond donors (Lipinski definition) is 2. The van der Waals surface area contributed by atoms with Gasteiger partial charge in [-0.25, -0.2) is 4.98 Å². The lowest BCUT2D eigenvalue weighted by atomic mass is 10.1. The summed E-state index contributed by atoms with van der Waals surface area (Å²) < 4.78 is 2.11. The molecule has 0 saturated carbocycles. The molecule has 0 aliphatic carbocycles. The van der Waals surface area contributed by atoms with Gasteiger partial charge in [-0.1, -0.05) is 12.1 Å². The second-order valence-corrected chi connectivity index (χ2v) is 5.62. The molecule has 0 aliphatic rings. The normalized spacial score (nSPS) is 13.4. The molecule has 1 aromatic carbocycles. The summed E-state index contributed by atoms with van der Waals surface area (Å²) in [6, 6.07) is 7.79. The highest BCUT2D eigenvalue weighted by atomic mass is 16.2. The molecule has 108 valence electrons. The van der Waals surface area contributed by atoms with E-state index in [-0.39, 0.29) is 11.9 Å². The maximum Gasteiger partial charge on any atom is 0.240 e. The molecule has 3 N–H and O–H groups in total. The van der Waals surface area contributed by atoms with Crippen LogP contribution in [0.1, 0.15) is 39.6 Å². The van der Waals surface area contributed by atoms with Crippen molar-refractivity contribution in [1.29, 1.82) is 0 Å². The molecule has 20 heavy (non-hydrogen) atoms. The predicted octanol–water partition coefficient (Wildman–Crippen LogP) is 1.97. The van der Waals surface area contributed by atoms with Gasteiger partial charge in [-0.3, -0.25) is 4.79 Å². The molecule has 1 atom stereocenters. The van der Waals surface area contributed by atoms with E-state index in [0.717, 1.165) is 23.4 Å². The number of carbonyl (C=O) groups is 1. The minimum Gasteiger partial charge on any atom is -0.345 e. The van der Waals surface area contributed by atoms with E-state index < -0.39 is 5.54 Å². The molecule has 0 fully saturated rings. The van der Waals surface area contributed by atoms with Crippen LogP contribution in [0.5, 0.6) is 0 Å². The standard InChI is InChI=1S/C15H22N4O/c1-5-19-12-9-7-6-8-11(12)18-13(19)10(2)17-14(20)15(3,4)16/h6-10H,5,16H2,1-4H3,(H,17,20). The van der Waals surface area contributed by atoms with Crippen LogP contribution in [-0.2, 0) is 11.3 Å². The fourth-order valence-electron chi connectivity index (χ4n) is 2.20. The van der Waals surface area contributed by atoms with Gasteiger partial charge in [0.05, 0.1) is 22.6 Å². The van der Waals surface area contributed by atoms with Crippen LogP contribution >= 0.6 is 0 Å². The Kier molecular flexibility index (Phi) is 3.81. The number of fused-ring (bicyclic) bond motifs is 1. The van der Waals surface area contributed by atoms with Crippen molar-refractivity contribution in [3.63, 3.8) is 0 Å². The van der Waals surface area contributed by atoms with Crippen molar-refractivity contribution in [1.82, 2.24) is 14.9 Å². The van der Waals surface area contributed by atoms with Gasteiger partial charge in [0.15, 0.2) is 0 Å². The first-order valence-corrected chi connectivity index (χ1v) is 6.89. The minimum atomic E-state index is -0.892. The van der Waals surface area contributed by atoms with Gasteiger partial charge in [0.25, 0.3) is 0 Å². The molecule has 5 nitrogen and oxygen atoms in total. The van der Waals surface area contributed by atoms with Crippen LogP contribution in [0.2, 0.25) is 0 Å². The van der Waals surface area contributed by atoms with Gasteiger partial charge < -0.3 is 15.6 Å². The lowest BCUT2D eigenvalue weighted by molar-refractivity contribution is -0.125. The van der Waals surface area contributed by atoms with Crippen molar-refractivity contribution >= 4 is 16.9 Å². The third-order valence-corrected chi connectivity index (χ3v) is 3.32. The van der Waals surface area contributed by atoms with Crippen molar-refractivity contribution in [3.8, 4) is 0 Å². The second kappa shape index (κ2) is 5.25. The summed E-state index contributed by atoms with van der Waals surface area (Å²) in [7, 11) is 0. The molecular weight excluding hydrogens is 252 g/mol. The van der Waals surface area contributed by atoms with Gasteiger partial charge in [0.2, 0.25) is 5.91 Å². The molecule has 0 radical (unpaired) electrons. The molecule has 0 saturated heterocycles. The lowest BCUT2D eigenvalue weighted by Gasteiger charge is -2.22. The molecule has 2 aromatic rings. The zero-order valence-corrected chi connectivity index (χ0v) is 12.5. The number of para-hydroxylation sites is 2. The molecule has 0 aliphatic heterocycles. The molecule has 0 spiro atoms. The summed E-state index contributed by atoms with van der Waals surface area (Å²) in [6.45, 7) is 8.19. The van der Waals surface area contributed by atoms with Gasteiger partial charge >= 0.3 is 0 Å². The van der Waals surface area contributed by atoms with Crippen LogP contribution in [0, 0.1) is 0 Å². The number of benzene rings is 1. The van der Waals surface area contributed by atoms with Gasteiger partial charge in [-0.2, -0.15) is 0 Å². The fourth-order valence-corrected chi connectivity index (χ4v) is 2.20. The highest BCUT2D eigenvalue weighted by Crippen LogP contribution is 2.20. The van der Waals surface area contributed by atoms with Crippen molar-refractivity contribution in [3.05, 3.63) is 30.1 Å². The summed E-state index contributed by atoms with van der Waals surface area (Å²) in [6.07, 6.45) is 0. The first kappa shape index (κ1) is 14.5. The minimum absolute atomic E-state index is 0.181. The van der Waals surface area contributed by atoms with E-state index in [9.17, 15) is 4.79 Å². The molecule has 1 unspecified atom stereocenters. The Morgan fingerprint density at radius 3 is 2.70 bits per heavy atom. The third-order valence-electron chi connectivity index (χ3n) is 3.32. The van der Waals surface area contributed by atoms with Gasteiger partial charge in [0, 0.05) is 6.54 Å². The van der Waals surface area contributed by atoms with E-state index in [1.54, 1.807) is 13.8 Å². The molecule has 2 rings (SSSR count). The summed E-state index contributed by atoms with van der Waals surface area (Å²) in [5.41, 5.74) is 6.94. The van der Waals surface area contributed by atoms with E-state index in [1.165, 1.54) is 0 Å². The second-order valence-electron chi connectivity index (χ2n) is 5.62. The molecule has 1 aromatic heterocycles. The highest BCUT2D eigenvalue weighted by molar-refractivity contribution is 5.85. The van der Waals surface area contributed by atoms with Gasteiger partial charge in [-0.15, -0.1) is 0 Å². The Morgan fingerprint density at radius 1 is 1.45 bits per heavy atom. The number of nitrogens with two attached hydrogens (primary N) is 1. The van der Waals surface area contributed by atoms with Crippen LogP contribution in [-0.4, -0.2) is 21.0 Å². The number of amides is 1.